The average Bonchev–Trinajstić information content (AvgIpc) is 3.35. The molecule has 0 aliphatic rings. The van der Waals surface area contributed by atoms with Gasteiger partial charge in [-0.3, -0.25) is 9.80 Å². The summed E-state index contributed by atoms with van der Waals surface area (Å²) >= 11 is 0. The van der Waals surface area contributed by atoms with E-state index in [1.807, 2.05) is 0 Å². The molecule has 0 aliphatic carbocycles. The van der Waals surface area contributed by atoms with Gasteiger partial charge in [0, 0.05) is 91.6 Å². The molecule has 1 unspecified atom stereocenters. The van der Waals surface area contributed by atoms with Crippen LogP contribution in [0.15, 0.2) is 0 Å². The van der Waals surface area contributed by atoms with Crippen LogP contribution in [0.1, 0.15) is 269 Å². The molecule has 0 saturated heterocycles. The fourth-order valence-corrected chi connectivity index (χ4v) is 9.13. The normalized spacial score (nSPS) is 12.7. The Balaban J connectivity index is -0.000000135. The first kappa shape index (κ1) is 98.8. The summed E-state index contributed by atoms with van der Waals surface area (Å²) in [7, 11) is 2.20. The Kier molecular flexibility index (Phi) is 68.9. The van der Waals surface area contributed by atoms with Gasteiger partial charge in [-0.2, -0.15) is 0 Å². The van der Waals surface area contributed by atoms with Crippen LogP contribution in [0.3, 0.4) is 0 Å². The molecule has 0 bridgehead atoms. The van der Waals surface area contributed by atoms with Gasteiger partial charge in [0.15, 0.2) is 0 Å². The van der Waals surface area contributed by atoms with Crippen molar-refractivity contribution in [2.24, 2.45) is 0 Å². The van der Waals surface area contributed by atoms with Crippen molar-refractivity contribution in [2.75, 3.05) is 164 Å². The maximum absolute atomic E-state index is 3.61. The SMILES string of the molecule is C.C.CCCN(CCC)CCNC(C)(C)C.CCN(CC)CCCC(C)NC(C)(C)C.CCN(CC)CCCNC(C)(C)C.CCN(CC)CCN(C)C(C)(C)C.CCN(CC)CCN(CC)C(C)(C)C.CCNCCN(CC)C(C)(C)C. The summed E-state index contributed by atoms with van der Waals surface area (Å²) in [6.45, 7) is 99.7. The highest BCUT2D eigenvalue weighted by Crippen LogP contribution is 2.13. The third kappa shape index (κ3) is 72.2. The van der Waals surface area contributed by atoms with Gasteiger partial charge in [0.2, 0.25) is 0 Å². The molecule has 0 aliphatic heterocycles. The van der Waals surface area contributed by atoms with Gasteiger partial charge in [0.1, 0.15) is 0 Å². The van der Waals surface area contributed by atoms with Crippen LogP contribution in [0.25, 0.3) is 0 Å². The van der Waals surface area contributed by atoms with Gasteiger partial charge in [-0.05, 0) is 275 Å². The second kappa shape index (κ2) is 57.9. The van der Waals surface area contributed by atoms with Gasteiger partial charge < -0.3 is 50.7 Å². The first-order valence-electron chi connectivity index (χ1n) is 34.1. The molecule has 1 atom stereocenters. The molecule has 0 aromatic heterocycles. The summed E-state index contributed by atoms with van der Waals surface area (Å²) in [5, 5.41) is 14.0. The van der Waals surface area contributed by atoms with Crippen LogP contribution in [0.4, 0.5) is 0 Å². The number of nitrogens with zero attached hydrogens (tertiary/aromatic N) is 8. The lowest BCUT2D eigenvalue weighted by Crippen LogP contribution is -2.45. The second-order valence-electron chi connectivity index (χ2n) is 28.5. The molecule has 0 aromatic rings. The van der Waals surface area contributed by atoms with Gasteiger partial charge in [0.05, 0.1) is 0 Å². The summed E-state index contributed by atoms with van der Waals surface area (Å²) in [5.74, 6) is 0. The van der Waals surface area contributed by atoms with Gasteiger partial charge in [-0.1, -0.05) is 105 Å². The van der Waals surface area contributed by atoms with Crippen molar-refractivity contribution in [2.45, 2.75) is 308 Å². The Morgan fingerprint density at radius 3 is 0.988 bits per heavy atom. The second-order valence-corrected chi connectivity index (χ2v) is 28.5. The Morgan fingerprint density at radius 2 is 0.675 bits per heavy atom. The van der Waals surface area contributed by atoms with Gasteiger partial charge in [0.25, 0.3) is 0 Å². The Hall–Kier alpha value is -0.480. The highest BCUT2D eigenvalue weighted by atomic mass is 15.2. The highest BCUT2D eigenvalue weighted by Gasteiger charge is 2.21. The van der Waals surface area contributed by atoms with E-state index in [2.05, 4.69) is 289 Å². The summed E-state index contributed by atoms with van der Waals surface area (Å²) < 4.78 is 0. The van der Waals surface area contributed by atoms with E-state index in [1.54, 1.807) is 0 Å². The van der Waals surface area contributed by atoms with Gasteiger partial charge in [-0.25, -0.2) is 0 Å². The minimum absolute atomic E-state index is 0. The van der Waals surface area contributed by atoms with E-state index in [-0.39, 0.29) is 31.5 Å². The summed E-state index contributed by atoms with van der Waals surface area (Å²) in [4.78, 5) is 19.9. The predicted octanol–water partition coefficient (Wildman–Crippen LogP) is 15.0. The molecule has 0 amide bonds. The zero-order valence-electron chi connectivity index (χ0n) is 62.7. The number of hydrogen-bond donors (Lipinski definition) is 4. The maximum Gasteiger partial charge on any atom is 0.0125 e. The van der Waals surface area contributed by atoms with Crippen LogP contribution in [0.5, 0.6) is 0 Å². The molecule has 0 rings (SSSR count). The first-order valence-corrected chi connectivity index (χ1v) is 34.1. The summed E-state index contributed by atoms with van der Waals surface area (Å²) in [5.41, 5.74) is 1.68. The van der Waals surface area contributed by atoms with Crippen molar-refractivity contribution in [3.8, 4) is 0 Å². The lowest BCUT2D eigenvalue weighted by molar-refractivity contribution is 0.124. The van der Waals surface area contributed by atoms with Crippen molar-refractivity contribution < 1.29 is 0 Å². The average molecular weight is 1190 g/mol. The zero-order chi connectivity index (χ0) is 64.5. The zero-order valence-corrected chi connectivity index (χ0v) is 62.7. The third-order valence-electron chi connectivity index (χ3n) is 14.9. The van der Waals surface area contributed by atoms with Gasteiger partial charge >= 0.3 is 0 Å². The molecule has 0 aromatic carbocycles. The van der Waals surface area contributed by atoms with E-state index >= 15 is 0 Å². The lowest BCUT2D eigenvalue weighted by atomic mass is 10.1. The molecule has 0 spiro atoms. The van der Waals surface area contributed by atoms with Crippen LogP contribution < -0.4 is 21.3 Å². The van der Waals surface area contributed by atoms with Crippen LogP contribution in [0.2, 0.25) is 0 Å². The van der Waals surface area contributed by atoms with E-state index < -0.39 is 0 Å². The minimum atomic E-state index is 0. The van der Waals surface area contributed by atoms with Crippen LogP contribution >= 0.6 is 0 Å². The van der Waals surface area contributed by atoms with Crippen molar-refractivity contribution in [3.05, 3.63) is 0 Å². The molecular weight excluding hydrogens is 1020 g/mol. The molecule has 0 fully saturated rings. The topological polar surface area (TPSA) is 74.0 Å². The monoisotopic (exact) mass is 1190 g/mol. The summed E-state index contributed by atoms with van der Waals surface area (Å²) in [6.07, 6.45) is 6.34. The van der Waals surface area contributed by atoms with Crippen molar-refractivity contribution in [1.82, 2.24) is 60.5 Å². The summed E-state index contributed by atoms with van der Waals surface area (Å²) in [6, 6.07) is 0.626. The van der Waals surface area contributed by atoms with Crippen molar-refractivity contribution in [1.29, 1.82) is 0 Å². The van der Waals surface area contributed by atoms with E-state index in [0.29, 0.717) is 22.7 Å². The number of rotatable bonds is 36. The van der Waals surface area contributed by atoms with Crippen LogP contribution in [-0.2, 0) is 0 Å². The lowest BCUT2D eigenvalue weighted by Gasteiger charge is -2.36. The van der Waals surface area contributed by atoms with E-state index in [9.17, 15) is 0 Å². The molecular formula is C71H170N12. The number of hydrogen-bond acceptors (Lipinski definition) is 12. The number of likely N-dealkylation sites (N-methyl/N-ethyl adjacent to an activating group) is 6. The molecule has 83 heavy (non-hydrogen) atoms. The molecule has 514 valence electrons. The largest absolute Gasteiger partial charge is 0.316 e. The Morgan fingerprint density at radius 1 is 0.325 bits per heavy atom. The first-order chi connectivity index (χ1) is 37.3. The minimum Gasteiger partial charge on any atom is -0.316 e. The molecule has 12 nitrogen and oxygen atoms in total. The predicted molar refractivity (Wildman–Crippen MR) is 388 cm³/mol. The van der Waals surface area contributed by atoms with Crippen LogP contribution in [-0.4, -0.2) is 243 Å². The van der Waals surface area contributed by atoms with Crippen molar-refractivity contribution >= 4 is 0 Å². The van der Waals surface area contributed by atoms with Crippen LogP contribution in [0, 0.1) is 0 Å². The van der Waals surface area contributed by atoms with Gasteiger partial charge in [-0.15, -0.1) is 0 Å². The molecule has 0 heterocycles. The fraction of sp³-hybridized carbons (Fsp3) is 1.00. The highest BCUT2D eigenvalue weighted by molar-refractivity contribution is 4.79. The quantitative estimate of drug-likeness (QED) is 0.0452. The number of nitrogens with one attached hydrogen (secondary N) is 4. The Labute approximate surface area is 530 Å². The molecule has 0 radical (unpaired) electrons. The molecule has 4 N–H and O–H groups in total. The third-order valence-corrected chi connectivity index (χ3v) is 14.9. The van der Waals surface area contributed by atoms with Crippen molar-refractivity contribution in [3.63, 3.8) is 0 Å². The smallest absolute Gasteiger partial charge is 0.0125 e. The maximum atomic E-state index is 3.61. The standard InChI is InChI=1S/C13H30N2.2C12H28N2.2C11H26N2.C10H24N2.2CH4/c1-7-15(8-2)11-9-10-12(3)14-13(4,5)6;1-7-13(8-2)10-11-14(9-3)12(4,5)6;1-6-9-14(10-7-2)11-8-13-12(3,4)5;1-7-13(8-2)10-9-12(6)11(3,4)5;1-6-13(7-2)10-8-9-12-11(3,4)5;1-6-11-8-9-12(7-2)10(3,4)5;;/h12,14H,7-11H2,1-6H3;7-11H2,1-6H3;13H,6-11H2,1-5H3;7-10H2,1-6H3;12H,6-10H2,1-5H3;11H,6-9H2,1-5H3;2*1H4. The Bertz CT molecular complexity index is 1230. The van der Waals surface area contributed by atoms with E-state index in [1.165, 1.54) is 111 Å². The molecule has 12 heteroatoms. The molecule has 0 saturated carbocycles. The fourth-order valence-electron chi connectivity index (χ4n) is 9.13. The van der Waals surface area contributed by atoms with E-state index in [0.717, 1.165) is 78.5 Å². The van der Waals surface area contributed by atoms with E-state index in [4.69, 9.17) is 0 Å².